The number of benzene rings is 1. The Balaban J connectivity index is 2.29. The number of nitrogens with zero attached hydrogens (tertiary/aromatic N) is 1. The molecule has 1 fully saturated rings. The summed E-state index contributed by atoms with van der Waals surface area (Å²) in [6, 6.07) is 1.50. The molecule has 1 N–H and O–H groups in total. The van der Waals surface area contributed by atoms with Crippen molar-refractivity contribution in [3.8, 4) is 0 Å². The second kappa shape index (κ2) is 7.09. The van der Waals surface area contributed by atoms with E-state index in [4.69, 9.17) is 0 Å². The van der Waals surface area contributed by atoms with Crippen LogP contribution in [0.4, 0.5) is 13.2 Å². The lowest BCUT2D eigenvalue weighted by atomic mass is 9.98. The summed E-state index contributed by atoms with van der Waals surface area (Å²) < 4.78 is 40.9. The first-order chi connectivity index (χ1) is 9.63. The zero-order valence-electron chi connectivity index (χ0n) is 11.8. The minimum atomic E-state index is -1.10. The van der Waals surface area contributed by atoms with Crippen molar-refractivity contribution in [3.63, 3.8) is 0 Å². The first-order valence-corrected chi connectivity index (χ1v) is 7.22. The molecule has 2 nitrogen and oxygen atoms in total. The minimum absolute atomic E-state index is 0.151. The molecule has 112 valence electrons. The number of hydrogen-bond donors (Lipinski definition) is 1. The van der Waals surface area contributed by atoms with Crippen LogP contribution in [0.1, 0.15) is 37.8 Å². The van der Waals surface area contributed by atoms with Crippen molar-refractivity contribution in [1.82, 2.24) is 10.2 Å². The molecule has 2 rings (SSSR count). The Morgan fingerprint density at radius 1 is 1.20 bits per heavy atom. The molecule has 1 heterocycles. The molecule has 1 saturated heterocycles. The van der Waals surface area contributed by atoms with E-state index in [1.807, 2.05) is 0 Å². The second-order valence-corrected chi connectivity index (χ2v) is 5.23. The van der Waals surface area contributed by atoms with Crippen LogP contribution in [0.25, 0.3) is 0 Å². The normalized spacial score (nSPS) is 18.2. The van der Waals surface area contributed by atoms with Crippen LogP contribution in [-0.2, 0) is 0 Å². The van der Waals surface area contributed by atoms with Gasteiger partial charge in [-0.25, -0.2) is 13.2 Å². The number of piperazine rings is 1. The van der Waals surface area contributed by atoms with Crippen molar-refractivity contribution in [3.05, 3.63) is 35.1 Å². The molecule has 1 aromatic rings. The molecule has 0 spiro atoms. The number of halogens is 3. The van der Waals surface area contributed by atoms with Gasteiger partial charge in [-0.05, 0) is 12.5 Å². The largest absolute Gasteiger partial charge is 0.314 e. The van der Waals surface area contributed by atoms with Crippen molar-refractivity contribution >= 4 is 0 Å². The van der Waals surface area contributed by atoms with Crippen LogP contribution in [-0.4, -0.2) is 31.1 Å². The van der Waals surface area contributed by atoms with E-state index < -0.39 is 17.5 Å². The van der Waals surface area contributed by atoms with Crippen molar-refractivity contribution in [1.29, 1.82) is 0 Å². The van der Waals surface area contributed by atoms with Gasteiger partial charge in [-0.1, -0.05) is 19.8 Å². The van der Waals surface area contributed by atoms with Crippen LogP contribution in [0.15, 0.2) is 12.1 Å². The summed E-state index contributed by atoms with van der Waals surface area (Å²) in [5.41, 5.74) is 0.151. The minimum Gasteiger partial charge on any atom is -0.314 e. The van der Waals surface area contributed by atoms with Crippen LogP contribution in [0.5, 0.6) is 0 Å². The van der Waals surface area contributed by atoms with Gasteiger partial charge >= 0.3 is 0 Å². The molecule has 0 unspecified atom stereocenters. The molecule has 1 atom stereocenters. The maximum atomic E-state index is 14.0. The molecule has 0 amide bonds. The Labute approximate surface area is 118 Å². The number of rotatable bonds is 5. The highest BCUT2D eigenvalue weighted by Gasteiger charge is 2.26. The third-order valence-electron chi connectivity index (χ3n) is 3.80. The molecule has 0 radical (unpaired) electrons. The molecule has 1 aromatic carbocycles. The van der Waals surface area contributed by atoms with Gasteiger partial charge in [-0.15, -0.1) is 0 Å². The van der Waals surface area contributed by atoms with Crippen LogP contribution < -0.4 is 5.32 Å². The van der Waals surface area contributed by atoms with E-state index in [0.29, 0.717) is 6.07 Å². The third-order valence-corrected chi connectivity index (χ3v) is 3.80. The smallest absolute Gasteiger partial charge is 0.163 e. The summed E-state index contributed by atoms with van der Waals surface area (Å²) in [6.45, 7) is 5.24. The highest BCUT2D eigenvalue weighted by Crippen LogP contribution is 2.30. The molecule has 1 aliphatic heterocycles. The zero-order valence-corrected chi connectivity index (χ0v) is 11.8. The summed E-state index contributed by atoms with van der Waals surface area (Å²) in [7, 11) is 0. The lowest BCUT2D eigenvalue weighted by Gasteiger charge is -2.35. The summed E-state index contributed by atoms with van der Waals surface area (Å²) in [5, 5.41) is 3.23. The maximum Gasteiger partial charge on any atom is 0.163 e. The average Bonchev–Trinajstić information content (AvgIpc) is 2.45. The topological polar surface area (TPSA) is 15.3 Å². The fraction of sp³-hybridized carbons (Fsp3) is 0.600. The molecule has 20 heavy (non-hydrogen) atoms. The molecule has 0 bridgehead atoms. The van der Waals surface area contributed by atoms with Crippen LogP contribution in [0.3, 0.4) is 0 Å². The molecule has 5 heteroatoms. The van der Waals surface area contributed by atoms with E-state index in [1.165, 1.54) is 0 Å². The molecule has 1 aliphatic rings. The van der Waals surface area contributed by atoms with Crippen molar-refractivity contribution < 1.29 is 13.2 Å². The van der Waals surface area contributed by atoms with E-state index in [1.54, 1.807) is 0 Å². The average molecular weight is 286 g/mol. The predicted molar refractivity (Wildman–Crippen MR) is 73.0 cm³/mol. The van der Waals surface area contributed by atoms with Gasteiger partial charge in [0.05, 0.1) is 0 Å². The number of hydrogen-bond acceptors (Lipinski definition) is 2. The Morgan fingerprint density at radius 2 is 1.90 bits per heavy atom. The first-order valence-electron chi connectivity index (χ1n) is 7.22. The third kappa shape index (κ3) is 3.52. The van der Waals surface area contributed by atoms with E-state index in [9.17, 15) is 13.2 Å². The monoisotopic (exact) mass is 286 g/mol. The van der Waals surface area contributed by atoms with E-state index >= 15 is 0 Å². The SMILES string of the molecule is CCCC[C@H](c1cc(F)cc(F)c1F)N1CCNCC1. The Bertz CT molecular complexity index is 445. The van der Waals surface area contributed by atoms with Gasteiger partial charge in [0.25, 0.3) is 0 Å². The van der Waals surface area contributed by atoms with Gasteiger partial charge in [0.1, 0.15) is 5.82 Å². The number of nitrogens with one attached hydrogen (secondary N) is 1. The molecule has 0 aromatic heterocycles. The molecular formula is C15H21F3N2. The highest BCUT2D eigenvalue weighted by atomic mass is 19.2. The number of unbranched alkanes of at least 4 members (excludes halogenated alkanes) is 1. The van der Waals surface area contributed by atoms with Crippen molar-refractivity contribution in [2.45, 2.75) is 32.2 Å². The van der Waals surface area contributed by atoms with Gasteiger partial charge < -0.3 is 5.32 Å². The van der Waals surface area contributed by atoms with Gasteiger partial charge in [-0.3, -0.25) is 4.90 Å². The van der Waals surface area contributed by atoms with Crippen molar-refractivity contribution in [2.24, 2.45) is 0 Å². The van der Waals surface area contributed by atoms with Gasteiger partial charge in [0.15, 0.2) is 11.6 Å². The van der Waals surface area contributed by atoms with E-state index in [-0.39, 0.29) is 11.6 Å². The first kappa shape index (κ1) is 15.3. The van der Waals surface area contributed by atoms with Crippen molar-refractivity contribution in [2.75, 3.05) is 26.2 Å². The Kier molecular flexibility index (Phi) is 5.43. The van der Waals surface area contributed by atoms with Crippen LogP contribution in [0, 0.1) is 17.5 Å². The van der Waals surface area contributed by atoms with Crippen LogP contribution >= 0.6 is 0 Å². The van der Waals surface area contributed by atoms with Gasteiger partial charge in [-0.2, -0.15) is 0 Å². The van der Waals surface area contributed by atoms with Gasteiger partial charge in [0, 0.05) is 43.9 Å². The molecular weight excluding hydrogens is 265 g/mol. The zero-order chi connectivity index (χ0) is 14.5. The summed E-state index contributed by atoms with van der Waals surface area (Å²) in [6.07, 6.45) is 2.60. The highest BCUT2D eigenvalue weighted by molar-refractivity contribution is 5.24. The van der Waals surface area contributed by atoms with E-state index in [2.05, 4.69) is 17.1 Å². The fourth-order valence-electron chi connectivity index (χ4n) is 2.74. The Morgan fingerprint density at radius 3 is 2.55 bits per heavy atom. The Hall–Kier alpha value is -1.07. The summed E-state index contributed by atoms with van der Waals surface area (Å²) >= 11 is 0. The maximum absolute atomic E-state index is 14.0. The second-order valence-electron chi connectivity index (χ2n) is 5.23. The van der Waals surface area contributed by atoms with Crippen LogP contribution in [0.2, 0.25) is 0 Å². The van der Waals surface area contributed by atoms with Gasteiger partial charge in [0.2, 0.25) is 0 Å². The van der Waals surface area contributed by atoms with E-state index in [0.717, 1.165) is 51.5 Å². The summed E-state index contributed by atoms with van der Waals surface area (Å²) in [5.74, 6) is -2.72. The summed E-state index contributed by atoms with van der Waals surface area (Å²) in [4.78, 5) is 2.11. The molecule has 0 saturated carbocycles. The standard InChI is InChI=1S/C15H21F3N2/c1-2-3-4-14(20-7-5-19-6-8-20)12-9-11(16)10-13(17)15(12)18/h9-10,14,19H,2-8H2,1H3/t14-/m1/s1. The predicted octanol–water partition coefficient (Wildman–Crippen LogP) is 3.24. The quantitative estimate of drug-likeness (QED) is 0.836. The lowest BCUT2D eigenvalue weighted by Crippen LogP contribution is -2.45. The molecule has 0 aliphatic carbocycles. The lowest BCUT2D eigenvalue weighted by molar-refractivity contribution is 0.159. The fourth-order valence-corrected chi connectivity index (χ4v) is 2.74.